The van der Waals surface area contributed by atoms with Crippen molar-refractivity contribution in [2.75, 3.05) is 19.4 Å². The SMILES string of the molecule is COc1ccc(C(=O)NCCSc2ccc(C)cc2)cc1[N+](=O)[O-]. The van der Waals surface area contributed by atoms with E-state index < -0.39 is 4.92 Å². The minimum atomic E-state index is -0.567. The number of carbonyl (C=O) groups excluding carboxylic acids is 1. The number of nitrogens with zero attached hydrogens (tertiary/aromatic N) is 1. The molecule has 0 heterocycles. The number of thioether (sulfide) groups is 1. The maximum Gasteiger partial charge on any atom is 0.311 e. The van der Waals surface area contributed by atoms with Crippen LogP contribution in [0.3, 0.4) is 0 Å². The van der Waals surface area contributed by atoms with Crippen LogP contribution >= 0.6 is 11.8 Å². The number of benzene rings is 2. The van der Waals surface area contributed by atoms with E-state index >= 15 is 0 Å². The summed E-state index contributed by atoms with van der Waals surface area (Å²) in [7, 11) is 1.35. The van der Waals surface area contributed by atoms with Crippen molar-refractivity contribution in [1.29, 1.82) is 0 Å². The Kier molecular flexibility index (Phi) is 6.20. The third-order valence-electron chi connectivity index (χ3n) is 3.32. The lowest BCUT2D eigenvalue weighted by atomic mass is 10.1. The smallest absolute Gasteiger partial charge is 0.311 e. The lowest BCUT2D eigenvalue weighted by Gasteiger charge is -2.07. The molecule has 0 unspecified atom stereocenters. The largest absolute Gasteiger partial charge is 0.490 e. The summed E-state index contributed by atoms with van der Waals surface area (Å²) in [4.78, 5) is 23.6. The number of amides is 1. The maximum atomic E-state index is 12.1. The normalized spacial score (nSPS) is 10.2. The molecule has 2 aromatic rings. The predicted molar refractivity (Wildman–Crippen MR) is 93.9 cm³/mol. The quantitative estimate of drug-likeness (QED) is 0.359. The van der Waals surface area contributed by atoms with Crippen molar-refractivity contribution in [3.63, 3.8) is 0 Å². The van der Waals surface area contributed by atoms with Crippen LogP contribution in [-0.4, -0.2) is 30.2 Å². The van der Waals surface area contributed by atoms with Gasteiger partial charge in [0, 0.05) is 28.8 Å². The average molecular weight is 346 g/mol. The molecule has 0 fully saturated rings. The molecule has 0 aromatic heterocycles. The fourth-order valence-electron chi connectivity index (χ4n) is 2.04. The second-order valence-electron chi connectivity index (χ2n) is 5.06. The van der Waals surface area contributed by atoms with Gasteiger partial charge in [0.25, 0.3) is 5.91 Å². The van der Waals surface area contributed by atoms with E-state index in [4.69, 9.17) is 4.74 Å². The summed E-state index contributed by atoms with van der Waals surface area (Å²) in [5, 5.41) is 13.7. The van der Waals surface area contributed by atoms with Gasteiger partial charge in [0.15, 0.2) is 5.75 Å². The molecule has 0 bridgehead atoms. The van der Waals surface area contributed by atoms with Crippen molar-refractivity contribution in [2.45, 2.75) is 11.8 Å². The van der Waals surface area contributed by atoms with Gasteiger partial charge in [-0.3, -0.25) is 14.9 Å². The van der Waals surface area contributed by atoms with Crippen LogP contribution in [0.1, 0.15) is 15.9 Å². The summed E-state index contributed by atoms with van der Waals surface area (Å²) in [6.07, 6.45) is 0. The Morgan fingerprint density at radius 2 is 1.96 bits per heavy atom. The van der Waals surface area contributed by atoms with Crippen LogP contribution in [0.2, 0.25) is 0 Å². The monoisotopic (exact) mass is 346 g/mol. The molecule has 0 saturated heterocycles. The van der Waals surface area contributed by atoms with Crippen molar-refractivity contribution in [2.24, 2.45) is 0 Å². The number of nitro benzene ring substituents is 1. The van der Waals surface area contributed by atoms with E-state index in [0.717, 1.165) is 4.90 Å². The van der Waals surface area contributed by atoms with Gasteiger partial charge in [-0.2, -0.15) is 0 Å². The van der Waals surface area contributed by atoms with Crippen molar-refractivity contribution >= 4 is 23.4 Å². The summed E-state index contributed by atoms with van der Waals surface area (Å²) in [5.41, 5.74) is 1.22. The number of rotatable bonds is 7. The van der Waals surface area contributed by atoms with Gasteiger partial charge in [0.1, 0.15) is 0 Å². The summed E-state index contributed by atoms with van der Waals surface area (Å²) >= 11 is 1.64. The zero-order valence-electron chi connectivity index (χ0n) is 13.4. The van der Waals surface area contributed by atoms with Crippen LogP contribution in [0.5, 0.6) is 5.75 Å². The Morgan fingerprint density at radius 1 is 1.25 bits per heavy atom. The van der Waals surface area contributed by atoms with Crippen LogP contribution in [0.25, 0.3) is 0 Å². The first kappa shape index (κ1) is 17.8. The fraction of sp³-hybridized carbons (Fsp3) is 0.235. The Bertz CT molecular complexity index is 732. The molecule has 7 heteroatoms. The summed E-state index contributed by atoms with van der Waals surface area (Å²) in [5.74, 6) is 0.504. The van der Waals surface area contributed by atoms with E-state index in [1.807, 2.05) is 31.2 Å². The molecule has 0 aliphatic rings. The number of hydrogen-bond acceptors (Lipinski definition) is 5. The maximum absolute atomic E-state index is 12.1. The van der Waals surface area contributed by atoms with Gasteiger partial charge in [0.2, 0.25) is 0 Å². The van der Waals surface area contributed by atoms with E-state index in [-0.39, 0.29) is 22.9 Å². The molecule has 0 spiro atoms. The Balaban J connectivity index is 1.89. The molecule has 2 aromatic carbocycles. The Hall–Kier alpha value is -2.54. The van der Waals surface area contributed by atoms with Crippen molar-refractivity contribution < 1.29 is 14.5 Å². The van der Waals surface area contributed by atoms with Crippen LogP contribution < -0.4 is 10.1 Å². The molecule has 6 nitrogen and oxygen atoms in total. The van der Waals surface area contributed by atoms with E-state index in [1.54, 1.807) is 11.8 Å². The van der Waals surface area contributed by atoms with Crippen molar-refractivity contribution in [1.82, 2.24) is 5.32 Å². The zero-order valence-corrected chi connectivity index (χ0v) is 14.3. The molecule has 0 aliphatic carbocycles. The number of ether oxygens (including phenoxy) is 1. The highest BCUT2D eigenvalue weighted by atomic mass is 32.2. The van der Waals surface area contributed by atoms with Gasteiger partial charge in [-0.25, -0.2) is 0 Å². The van der Waals surface area contributed by atoms with Crippen molar-refractivity contribution in [3.8, 4) is 5.75 Å². The zero-order chi connectivity index (χ0) is 17.5. The molecule has 1 N–H and O–H groups in total. The first-order chi connectivity index (χ1) is 11.5. The van der Waals surface area contributed by atoms with Gasteiger partial charge < -0.3 is 10.1 Å². The lowest BCUT2D eigenvalue weighted by Crippen LogP contribution is -2.25. The highest BCUT2D eigenvalue weighted by Gasteiger charge is 2.17. The van der Waals surface area contributed by atoms with Crippen LogP contribution in [-0.2, 0) is 0 Å². The van der Waals surface area contributed by atoms with E-state index in [2.05, 4.69) is 5.32 Å². The first-order valence-electron chi connectivity index (χ1n) is 7.31. The molecule has 0 saturated carbocycles. The topological polar surface area (TPSA) is 81.5 Å². The van der Waals surface area contributed by atoms with E-state index in [1.165, 1.54) is 30.9 Å². The molecule has 0 radical (unpaired) electrons. The summed E-state index contributed by atoms with van der Waals surface area (Å²) < 4.78 is 4.92. The van der Waals surface area contributed by atoms with Gasteiger partial charge >= 0.3 is 5.69 Å². The Morgan fingerprint density at radius 3 is 2.58 bits per heavy atom. The third-order valence-corrected chi connectivity index (χ3v) is 4.33. The standard InChI is InChI=1S/C17H18N2O4S/c1-12-3-6-14(7-4-12)24-10-9-18-17(20)13-5-8-16(23-2)15(11-13)19(21)22/h3-8,11H,9-10H2,1-2H3,(H,18,20). The van der Waals surface area contributed by atoms with E-state index in [9.17, 15) is 14.9 Å². The van der Waals surface area contributed by atoms with Gasteiger partial charge in [-0.15, -0.1) is 11.8 Å². The number of carbonyl (C=O) groups is 1. The predicted octanol–water partition coefficient (Wildman–Crippen LogP) is 3.43. The van der Waals surface area contributed by atoms with E-state index in [0.29, 0.717) is 12.3 Å². The molecule has 126 valence electrons. The molecule has 0 atom stereocenters. The number of nitrogens with one attached hydrogen (secondary N) is 1. The molecule has 1 amide bonds. The number of hydrogen-bond donors (Lipinski definition) is 1. The molecule has 0 aliphatic heterocycles. The highest BCUT2D eigenvalue weighted by molar-refractivity contribution is 7.99. The number of nitro groups is 1. The minimum absolute atomic E-state index is 0.131. The Labute approximate surface area is 144 Å². The highest BCUT2D eigenvalue weighted by Crippen LogP contribution is 2.27. The number of aryl methyl sites for hydroxylation is 1. The van der Waals surface area contributed by atoms with Crippen LogP contribution in [0.4, 0.5) is 5.69 Å². The number of methoxy groups -OCH3 is 1. The minimum Gasteiger partial charge on any atom is -0.490 e. The first-order valence-corrected chi connectivity index (χ1v) is 8.30. The molecular weight excluding hydrogens is 328 g/mol. The van der Waals surface area contributed by atoms with Crippen LogP contribution in [0, 0.1) is 17.0 Å². The van der Waals surface area contributed by atoms with Gasteiger partial charge in [0.05, 0.1) is 12.0 Å². The van der Waals surface area contributed by atoms with Gasteiger partial charge in [-0.1, -0.05) is 17.7 Å². The van der Waals surface area contributed by atoms with Gasteiger partial charge in [-0.05, 0) is 31.2 Å². The summed E-state index contributed by atoms with van der Waals surface area (Å²) in [6.45, 7) is 2.50. The third kappa shape index (κ3) is 4.73. The summed E-state index contributed by atoms with van der Waals surface area (Å²) in [6, 6.07) is 12.3. The second kappa shape index (κ2) is 8.35. The average Bonchev–Trinajstić information content (AvgIpc) is 2.59. The second-order valence-corrected chi connectivity index (χ2v) is 6.23. The van der Waals surface area contributed by atoms with Crippen molar-refractivity contribution in [3.05, 3.63) is 63.7 Å². The molecule has 2 rings (SSSR count). The molecule has 24 heavy (non-hydrogen) atoms. The fourth-order valence-corrected chi connectivity index (χ4v) is 2.81. The lowest BCUT2D eigenvalue weighted by molar-refractivity contribution is -0.385. The van der Waals surface area contributed by atoms with Crippen LogP contribution in [0.15, 0.2) is 47.4 Å². The molecular formula is C17H18N2O4S.